The minimum absolute atomic E-state index is 0.0607. The summed E-state index contributed by atoms with van der Waals surface area (Å²) in [5, 5.41) is 0. The van der Waals surface area contributed by atoms with Gasteiger partial charge in [-0.15, -0.1) is 0 Å². The molecule has 0 saturated carbocycles. The quantitative estimate of drug-likeness (QED) is 0.761. The Morgan fingerprint density at radius 1 is 1.00 bits per heavy atom. The highest BCUT2D eigenvalue weighted by Crippen LogP contribution is 2.28. The number of nitrogens with zero attached hydrogens (tertiary/aromatic N) is 3. The number of carbonyl (C=O) groups excluding carboxylic acids is 2. The van der Waals surface area contributed by atoms with Crippen LogP contribution >= 0.6 is 0 Å². The Hall–Kier alpha value is -2.73. The molecule has 2 aliphatic rings. The first-order chi connectivity index (χ1) is 14.4. The van der Waals surface area contributed by atoms with Crippen molar-refractivity contribution in [2.24, 2.45) is 0 Å². The first-order valence-corrected chi connectivity index (χ1v) is 10.6. The van der Waals surface area contributed by atoms with Gasteiger partial charge in [0.15, 0.2) is 0 Å². The molecule has 1 saturated heterocycles. The molecule has 4 rings (SSSR count). The average Bonchev–Trinajstić information content (AvgIpc) is 3.26. The van der Waals surface area contributed by atoms with Gasteiger partial charge < -0.3 is 14.7 Å². The molecule has 0 bridgehead atoms. The van der Waals surface area contributed by atoms with Crippen LogP contribution in [0.4, 0.5) is 4.39 Å². The van der Waals surface area contributed by atoms with E-state index in [0.717, 1.165) is 49.3 Å². The van der Waals surface area contributed by atoms with Crippen molar-refractivity contribution >= 4 is 11.8 Å². The lowest BCUT2D eigenvalue weighted by Gasteiger charge is -2.30. The summed E-state index contributed by atoms with van der Waals surface area (Å²) in [6.45, 7) is 4.70. The molecular formula is C24H28FN3O2. The zero-order valence-electron chi connectivity index (χ0n) is 17.7. The SMILES string of the molecule is CN(C)C(=O)c1ccc(-c2ccc3c(c2)CCN(CCN2CCCC2)C3=O)cc1F. The van der Waals surface area contributed by atoms with Gasteiger partial charge in [-0.05, 0) is 67.2 Å². The summed E-state index contributed by atoms with van der Waals surface area (Å²) in [6.07, 6.45) is 3.31. The van der Waals surface area contributed by atoms with Gasteiger partial charge in [0.25, 0.3) is 11.8 Å². The Morgan fingerprint density at radius 3 is 2.40 bits per heavy atom. The highest BCUT2D eigenvalue weighted by Gasteiger charge is 2.25. The van der Waals surface area contributed by atoms with Crippen molar-refractivity contribution in [1.29, 1.82) is 0 Å². The van der Waals surface area contributed by atoms with E-state index in [1.165, 1.54) is 29.9 Å². The zero-order valence-corrected chi connectivity index (χ0v) is 17.7. The predicted molar refractivity (Wildman–Crippen MR) is 115 cm³/mol. The molecule has 0 radical (unpaired) electrons. The molecule has 2 aliphatic heterocycles. The van der Waals surface area contributed by atoms with E-state index in [-0.39, 0.29) is 17.4 Å². The van der Waals surface area contributed by atoms with Crippen molar-refractivity contribution in [2.45, 2.75) is 19.3 Å². The number of rotatable bonds is 5. The number of benzene rings is 2. The van der Waals surface area contributed by atoms with Crippen molar-refractivity contribution in [1.82, 2.24) is 14.7 Å². The minimum Gasteiger partial charge on any atom is -0.345 e. The highest BCUT2D eigenvalue weighted by molar-refractivity contribution is 5.97. The van der Waals surface area contributed by atoms with Gasteiger partial charge >= 0.3 is 0 Å². The van der Waals surface area contributed by atoms with Crippen molar-refractivity contribution in [2.75, 3.05) is 46.8 Å². The van der Waals surface area contributed by atoms with Gasteiger partial charge in [-0.2, -0.15) is 0 Å². The topological polar surface area (TPSA) is 43.9 Å². The maximum absolute atomic E-state index is 14.5. The van der Waals surface area contributed by atoms with Crippen LogP contribution in [-0.4, -0.2) is 73.3 Å². The average molecular weight is 410 g/mol. The maximum atomic E-state index is 14.5. The van der Waals surface area contributed by atoms with E-state index in [1.807, 2.05) is 23.1 Å². The van der Waals surface area contributed by atoms with E-state index in [0.29, 0.717) is 12.1 Å². The molecular weight excluding hydrogens is 381 g/mol. The molecule has 2 aromatic carbocycles. The summed E-state index contributed by atoms with van der Waals surface area (Å²) in [5.41, 5.74) is 3.37. The number of halogens is 1. The molecule has 0 aliphatic carbocycles. The van der Waals surface area contributed by atoms with Crippen LogP contribution < -0.4 is 0 Å². The van der Waals surface area contributed by atoms with Gasteiger partial charge in [0.05, 0.1) is 5.56 Å². The lowest BCUT2D eigenvalue weighted by Crippen LogP contribution is -2.42. The molecule has 0 spiro atoms. The Morgan fingerprint density at radius 2 is 1.70 bits per heavy atom. The molecule has 30 heavy (non-hydrogen) atoms. The fraction of sp³-hybridized carbons (Fsp3) is 0.417. The largest absolute Gasteiger partial charge is 0.345 e. The van der Waals surface area contributed by atoms with E-state index >= 15 is 0 Å². The lowest BCUT2D eigenvalue weighted by molar-refractivity contribution is 0.0723. The normalized spacial score (nSPS) is 16.6. The molecule has 5 nitrogen and oxygen atoms in total. The maximum Gasteiger partial charge on any atom is 0.256 e. The third kappa shape index (κ3) is 4.10. The van der Waals surface area contributed by atoms with E-state index in [9.17, 15) is 14.0 Å². The third-order valence-electron chi connectivity index (χ3n) is 6.10. The van der Waals surface area contributed by atoms with Crippen LogP contribution in [0.1, 0.15) is 39.1 Å². The van der Waals surface area contributed by atoms with Crippen LogP contribution in [0.25, 0.3) is 11.1 Å². The fourth-order valence-electron chi connectivity index (χ4n) is 4.31. The van der Waals surface area contributed by atoms with E-state index in [1.54, 1.807) is 20.2 Å². The predicted octanol–water partition coefficient (Wildman–Crippen LogP) is 3.29. The summed E-state index contributed by atoms with van der Waals surface area (Å²) < 4.78 is 14.5. The second kappa shape index (κ2) is 8.56. The van der Waals surface area contributed by atoms with Crippen LogP contribution in [0.3, 0.4) is 0 Å². The van der Waals surface area contributed by atoms with E-state index in [2.05, 4.69) is 4.90 Å². The third-order valence-corrected chi connectivity index (χ3v) is 6.10. The smallest absolute Gasteiger partial charge is 0.256 e. The molecule has 158 valence electrons. The second-order valence-electron chi connectivity index (χ2n) is 8.36. The van der Waals surface area contributed by atoms with Crippen LogP contribution in [0.15, 0.2) is 36.4 Å². The number of hydrogen-bond donors (Lipinski definition) is 0. The zero-order chi connectivity index (χ0) is 21.3. The molecule has 0 N–H and O–H groups in total. The summed E-state index contributed by atoms with van der Waals surface area (Å²) in [6, 6.07) is 10.4. The van der Waals surface area contributed by atoms with Crippen LogP contribution in [0.2, 0.25) is 0 Å². The van der Waals surface area contributed by atoms with Gasteiger partial charge in [0.2, 0.25) is 0 Å². The Bertz CT molecular complexity index is 967. The highest BCUT2D eigenvalue weighted by atomic mass is 19.1. The minimum atomic E-state index is -0.534. The van der Waals surface area contributed by atoms with Crippen LogP contribution in [0, 0.1) is 5.82 Å². The number of hydrogen-bond acceptors (Lipinski definition) is 3. The summed E-state index contributed by atoms with van der Waals surface area (Å²) in [7, 11) is 3.20. The van der Waals surface area contributed by atoms with Crippen molar-refractivity contribution in [3.8, 4) is 11.1 Å². The van der Waals surface area contributed by atoms with Crippen molar-refractivity contribution in [3.05, 3.63) is 58.9 Å². The summed E-state index contributed by atoms with van der Waals surface area (Å²) in [5.74, 6) is -0.808. The monoisotopic (exact) mass is 409 g/mol. The first kappa shape index (κ1) is 20.5. The number of carbonyl (C=O) groups is 2. The number of likely N-dealkylation sites (tertiary alicyclic amines) is 1. The van der Waals surface area contributed by atoms with Crippen molar-refractivity contribution in [3.63, 3.8) is 0 Å². The molecule has 2 aromatic rings. The molecule has 0 unspecified atom stereocenters. The Labute approximate surface area is 177 Å². The van der Waals surface area contributed by atoms with Gasteiger partial charge in [-0.3, -0.25) is 9.59 Å². The molecule has 2 heterocycles. The van der Waals surface area contributed by atoms with E-state index < -0.39 is 5.82 Å². The van der Waals surface area contributed by atoms with Gasteiger partial charge in [0, 0.05) is 39.3 Å². The first-order valence-electron chi connectivity index (χ1n) is 10.6. The summed E-state index contributed by atoms with van der Waals surface area (Å²) in [4.78, 5) is 30.7. The number of fused-ring (bicyclic) bond motifs is 1. The summed E-state index contributed by atoms with van der Waals surface area (Å²) >= 11 is 0. The Balaban J connectivity index is 1.50. The van der Waals surface area contributed by atoms with Crippen molar-refractivity contribution < 1.29 is 14.0 Å². The molecule has 0 atom stereocenters. The molecule has 0 aromatic heterocycles. The lowest BCUT2D eigenvalue weighted by atomic mass is 9.93. The van der Waals surface area contributed by atoms with E-state index in [4.69, 9.17) is 0 Å². The fourth-order valence-corrected chi connectivity index (χ4v) is 4.31. The number of amides is 2. The van der Waals surface area contributed by atoms with Gasteiger partial charge in [-0.25, -0.2) is 4.39 Å². The van der Waals surface area contributed by atoms with Gasteiger partial charge in [0.1, 0.15) is 5.82 Å². The van der Waals surface area contributed by atoms with Crippen LogP contribution in [0.5, 0.6) is 0 Å². The van der Waals surface area contributed by atoms with Crippen LogP contribution in [-0.2, 0) is 6.42 Å². The second-order valence-corrected chi connectivity index (χ2v) is 8.36. The molecule has 1 fully saturated rings. The standard InChI is InChI=1S/C24H28FN3O2/c1-26(2)23(29)21-8-6-18(16-22(21)25)17-5-7-20-19(15-17)9-12-28(24(20)30)14-13-27-10-3-4-11-27/h5-8,15-16H,3-4,9-14H2,1-2H3. The molecule has 6 heteroatoms. The van der Waals surface area contributed by atoms with Gasteiger partial charge in [-0.1, -0.05) is 18.2 Å². The Kier molecular flexibility index (Phi) is 5.86. The molecule has 2 amide bonds.